The Kier molecular flexibility index (Phi) is 6.46. The number of nitrogens with two attached hydrogens (primary N) is 1. The van der Waals surface area contributed by atoms with Crippen LogP contribution in [0.4, 0.5) is 0 Å². The zero-order valence-corrected chi connectivity index (χ0v) is 9.21. The summed E-state index contributed by atoms with van der Waals surface area (Å²) >= 11 is 0. The molecule has 0 fully saturated rings. The first kappa shape index (κ1) is 12.7. The zero-order chi connectivity index (χ0) is 11.0. The quantitative estimate of drug-likeness (QED) is 0.791. The van der Waals surface area contributed by atoms with Gasteiger partial charge >= 0.3 is 0 Å². The van der Waals surface area contributed by atoms with Gasteiger partial charge in [-0.3, -0.25) is 4.79 Å². The van der Waals surface area contributed by atoms with Crippen molar-refractivity contribution >= 4 is 5.91 Å². The average Bonchev–Trinajstić information content (AvgIpc) is 2.18. The van der Waals surface area contributed by atoms with E-state index in [9.17, 15) is 4.79 Å². The Morgan fingerprint density at radius 1 is 1.43 bits per heavy atom. The van der Waals surface area contributed by atoms with Crippen molar-refractivity contribution in [1.82, 2.24) is 0 Å². The summed E-state index contributed by atoms with van der Waals surface area (Å²) in [7, 11) is 0. The van der Waals surface area contributed by atoms with Crippen LogP contribution in [0.3, 0.4) is 0 Å². The second-order valence-electron chi connectivity index (χ2n) is 2.96. The van der Waals surface area contributed by atoms with Crippen molar-refractivity contribution in [3.05, 3.63) is 35.4 Å². The number of rotatable bonds is 3. The van der Waals surface area contributed by atoms with Crippen LogP contribution in [0.1, 0.15) is 32.8 Å². The first-order valence-corrected chi connectivity index (χ1v) is 5.02. The number of amides is 1. The first-order chi connectivity index (χ1) is 6.68. The molecule has 1 aromatic carbocycles. The smallest absolute Gasteiger partial charge is 0.217 e. The Morgan fingerprint density at radius 3 is 2.57 bits per heavy atom. The van der Waals surface area contributed by atoms with Gasteiger partial charge in [-0.2, -0.15) is 0 Å². The Balaban J connectivity index is 0. The summed E-state index contributed by atoms with van der Waals surface area (Å²) in [6, 6.07) is 8.11. The second kappa shape index (κ2) is 7.13. The highest BCUT2D eigenvalue weighted by molar-refractivity contribution is 5.73. The number of benzene rings is 1. The number of carbonyl (C=O) groups is 1. The minimum atomic E-state index is -0.239. The van der Waals surface area contributed by atoms with Gasteiger partial charge in [0.15, 0.2) is 0 Å². The lowest BCUT2D eigenvalue weighted by Crippen LogP contribution is -2.11. The number of primary amides is 1. The molecule has 0 bridgehead atoms. The fraction of sp³-hybridized carbons (Fsp3) is 0.417. The summed E-state index contributed by atoms with van der Waals surface area (Å²) in [6.45, 7) is 6.04. The highest BCUT2D eigenvalue weighted by atomic mass is 16.1. The predicted octanol–water partition coefficient (Wildman–Crippen LogP) is 2.69. The van der Waals surface area contributed by atoms with Gasteiger partial charge in [0.25, 0.3) is 0 Å². The van der Waals surface area contributed by atoms with Gasteiger partial charge < -0.3 is 5.73 Å². The van der Waals surface area contributed by atoms with E-state index in [4.69, 9.17) is 5.73 Å². The van der Waals surface area contributed by atoms with E-state index in [0.29, 0.717) is 6.42 Å². The molecule has 80 valence electrons. The Morgan fingerprint density at radius 2 is 2.07 bits per heavy atom. The number of aryl methyl sites for hydroxylation is 2. The lowest BCUT2D eigenvalue weighted by atomic mass is 10.1. The summed E-state index contributed by atoms with van der Waals surface area (Å²) in [4.78, 5) is 10.5. The largest absolute Gasteiger partial charge is 0.370 e. The van der Waals surface area contributed by atoms with E-state index in [-0.39, 0.29) is 7.33 Å². The molecule has 0 atom stereocenters. The van der Waals surface area contributed by atoms with Crippen LogP contribution in [-0.2, 0) is 11.2 Å². The summed E-state index contributed by atoms with van der Waals surface area (Å²) in [6.07, 6.45) is 1.18. The molecule has 1 rings (SSSR count). The molecule has 1 amide bonds. The minimum absolute atomic E-state index is 0. The third-order valence-corrected chi connectivity index (χ3v) is 1.74. The van der Waals surface area contributed by atoms with E-state index in [0.717, 1.165) is 6.42 Å². The van der Waals surface area contributed by atoms with Crippen molar-refractivity contribution in [2.24, 2.45) is 5.73 Å². The Labute approximate surface area is 87.6 Å². The van der Waals surface area contributed by atoms with Crippen molar-refractivity contribution in [2.75, 3.05) is 0 Å². The number of hydrogen-bond acceptors (Lipinski definition) is 1. The fourth-order valence-electron chi connectivity index (χ4n) is 1.14. The van der Waals surface area contributed by atoms with Crippen LogP contribution in [0.5, 0.6) is 0 Å². The normalized spacial score (nSPS) is 8.79. The predicted molar refractivity (Wildman–Crippen MR) is 62.2 cm³/mol. The van der Waals surface area contributed by atoms with E-state index >= 15 is 0 Å². The molecule has 1 aromatic rings. The summed E-state index contributed by atoms with van der Waals surface area (Å²) in [5, 5.41) is 0. The van der Waals surface area contributed by atoms with Gasteiger partial charge in [-0.15, -0.1) is 0 Å². The lowest BCUT2D eigenvalue weighted by molar-refractivity contribution is -0.117. The molecular formula is C12H21NO. The maximum atomic E-state index is 10.5. The molecular weight excluding hydrogens is 174 g/mol. The molecule has 0 aliphatic carbocycles. The van der Waals surface area contributed by atoms with Crippen molar-refractivity contribution in [2.45, 2.75) is 33.6 Å². The Hall–Kier alpha value is -1.31. The van der Waals surface area contributed by atoms with E-state index in [1.54, 1.807) is 0 Å². The molecule has 2 nitrogen and oxygen atoms in total. The third kappa shape index (κ3) is 5.36. The van der Waals surface area contributed by atoms with Gasteiger partial charge in [0.05, 0.1) is 0 Å². The molecule has 0 spiro atoms. The van der Waals surface area contributed by atoms with Gasteiger partial charge in [-0.05, 0) is 18.9 Å². The van der Waals surface area contributed by atoms with Crippen LogP contribution in [-0.4, -0.2) is 5.91 Å². The van der Waals surface area contributed by atoms with Crippen molar-refractivity contribution in [3.63, 3.8) is 0 Å². The number of carbonyl (C=O) groups excluding carboxylic acids is 1. The topological polar surface area (TPSA) is 43.1 Å². The molecule has 0 radical (unpaired) electrons. The zero-order valence-electron chi connectivity index (χ0n) is 9.21. The summed E-state index contributed by atoms with van der Waals surface area (Å²) < 4.78 is 0. The molecule has 0 unspecified atom stereocenters. The van der Waals surface area contributed by atoms with E-state index in [1.165, 1.54) is 11.1 Å². The van der Waals surface area contributed by atoms with Crippen LogP contribution in [0.25, 0.3) is 0 Å². The SMILES string of the molecule is CC.Cc1cccc(CCC(N)=O)c1.[HH]. The lowest BCUT2D eigenvalue weighted by Gasteiger charge is -1.99. The van der Waals surface area contributed by atoms with Gasteiger partial charge in [-0.1, -0.05) is 43.7 Å². The molecule has 0 aromatic heterocycles. The van der Waals surface area contributed by atoms with Crippen LogP contribution in [0, 0.1) is 6.92 Å². The van der Waals surface area contributed by atoms with E-state index < -0.39 is 0 Å². The van der Waals surface area contributed by atoms with Crippen molar-refractivity contribution < 1.29 is 6.22 Å². The van der Waals surface area contributed by atoms with Crippen LogP contribution < -0.4 is 5.73 Å². The van der Waals surface area contributed by atoms with Gasteiger partial charge in [0.1, 0.15) is 0 Å². The third-order valence-electron chi connectivity index (χ3n) is 1.74. The second-order valence-corrected chi connectivity index (χ2v) is 2.96. The maximum absolute atomic E-state index is 10.5. The van der Waals surface area contributed by atoms with Gasteiger partial charge in [-0.25, -0.2) is 0 Å². The molecule has 0 aliphatic heterocycles. The standard InChI is InChI=1S/C10H13NO.C2H6.H2/c1-8-3-2-4-9(7-8)5-6-10(11)12;1-2;/h2-4,7H,5-6H2,1H3,(H2,11,12);1-2H3;1H. The molecule has 0 saturated carbocycles. The van der Waals surface area contributed by atoms with Gasteiger partial charge in [0, 0.05) is 7.85 Å². The van der Waals surface area contributed by atoms with Crippen LogP contribution in [0.15, 0.2) is 24.3 Å². The first-order valence-electron chi connectivity index (χ1n) is 5.02. The van der Waals surface area contributed by atoms with E-state index in [2.05, 4.69) is 6.07 Å². The highest BCUT2D eigenvalue weighted by Gasteiger charge is 1.96. The van der Waals surface area contributed by atoms with Crippen LogP contribution in [0.2, 0.25) is 0 Å². The van der Waals surface area contributed by atoms with Gasteiger partial charge in [0.2, 0.25) is 5.91 Å². The Bertz CT molecular complexity index is 287. The fourth-order valence-corrected chi connectivity index (χ4v) is 1.14. The molecule has 0 aliphatic rings. The summed E-state index contributed by atoms with van der Waals surface area (Å²) in [5.41, 5.74) is 7.43. The van der Waals surface area contributed by atoms with Crippen molar-refractivity contribution in [3.8, 4) is 0 Å². The van der Waals surface area contributed by atoms with E-state index in [1.807, 2.05) is 39.0 Å². The maximum Gasteiger partial charge on any atom is 0.217 e. The highest BCUT2D eigenvalue weighted by Crippen LogP contribution is 2.05. The monoisotopic (exact) mass is 195 g/mol. The average molecular weight is 195 g/mol. The molecule has 14 heavy (non-hydrogen) atoms. The molecule has 0 saturated heterocycles. The van der Waals surface area contributed by atoms with Crippen molar-refractivity contribution in [1.29, 1.82) is 0 Å². The number of hydrogen-bond donors (Lipinski definition) is 1. The molecule has 2 heteroatoms. The van der Waals surface area contributed by atoms with Crippen LogP contribution >= 0.6 is 0 Å². The molecule has 2 N–H and O–H groups in total. The minimum Gasteiger partial charge on any atom is -0.370 e. The molecule has 0 heterocycles. The summed E-state index contributed by atoms with van der Waals surface area (Å²) in [5.74, 6) is -0.239.